The first-order valence-electron chi connectivity index (χ1n) is 9.97. The summed E-state index contributed by atoms with van der Waals surface area (Å²) in [5.74, 6) is 1.77. The largest absolute Gasteiger partial charge is 0.496 e. The second-order valence-corrected chi connectivity index (χ2v) is 7.88. The minimum atomic E-state index is -0.489. The minimum Gasteiger partial charge on any atom is -0.496 e. The van der Waals surface area contributed by atoms with Gasteiger partial charge < -0.3 is 25.0 Å². The van der Waals surface area contributed by atoms with Gasteiger partial charge in [-0.3, -0.25) is 4.99 Å². The molecule has 0 saturated carbocycles. The SMILES string of the molecule is CCNC(=NCCc1ccccc1OC)N1CCC(NC(=O)OC(C)(C)C)C1.I. The van der Waals surface area contributed by atoms with E-state index < -0.39 is 5.60 Å². The van der Waals surface area contributed by atoms with E-state index in [4.69, 9.17) is 14.5 Å². The van der Waals surface area contributed by atoms with E-state index >= 15 is 0 Å². The lowest BCUT2D eigenvalue weighted by Crippen LogP contribution is -2.44. The maximum Gasteiger partial charge on any atom is 0.407 e. The van der Waals surface area contributed by atoms with Crippen molar-refractivity contribution < 1.29 is 14.3 Å². The molecular formula is C21H35IN4O3. The van der Waals surface area contributed by atoms with Crippen LogP contribution in [0.3, 0.4) is 0 Å². The van der Waals surface area contributed by atoms with Gasteiger partial charge in [-0.25, -0.2) is 4.79 Å². The Kier molecular flexibility index (Phi) is 10.6. The van der Waals surface area contributed by atoms with Crippen LogP contribution in [0, 0.1) is 0 Å². The van der Waals surface area contributed by atoms with Crippen molar-refractivity contribution in [3.63, 3.8) is 0 Å². The number of carbonyl (C=O) groups excluding carboxylic acids is 1. The van der Waals surface area contributed by atoms with Crippen LogP contribution in [-0.4, -0.2) is 61.9 Å². The van der Waals surface area contributed by atoms with Crippen molar-refractivity contribution in [1.29, 1.82) is 0 Å². The Labute approximate surface area is 191 Å². The summed E-state index contributed by atoms with van der Waals surface area (Å²) in [5, 5.41) is 6.31. The number of halogens is 1. The van der Waals surface area contributed by atoms with Crippen molar-refractivity contribution >= 4 is 36.0 Å². The molecule has 1 atom stereocenters. The predicted octanol–water partition coefficient (Wildman–Crippen LogP) is 3.42. The van der Waals surface area contributed by atoms with Crippen molar-refractivity contribution in [2.24, 2.45) is 4.99 Å². The van der Waals surface area contributed by atoms with Crippen LogP contribution < -0.4 is 15.4 Å². The number of ether oxygens (including phenoxy) is 2. The molecule has 1 fully saturated rings. The molecule has 2 rings (SSSR count). The monoisotopic (exact) mass is 518 g/mol. The first kappa shape index (κ1) is 25.3. The van der Waals surface area contributed by atoms with Crippen molar-refractivity contribution in [2.45, 2.75) is 52.2 Å². The average Bonchev–Trinajstić information content (AvgIpc) is 3.08. The number of likely N-dealkylation sites (tertiary alicyclic amines) is 1. The van der Waals surface area contributed by atoms with E-state index in [1.807, 2.05) is 39.0 Å². The van der Waals surface area contributed by atoms with Crippen LogP contribution in [-0.2, 0) is 11.2 Å². The Bertz CT molecular complexity index is 676. The van der Waals surface area contributed by atoms with Crippen LogP contribution in [0.15, 0.2) is 29.3 Å². The molecule has 1 aliphatic rings. The molecule has 29 heavy (non-hydrogen) atoms. The number of benzene rings is 1. The summed E-state index contributed by atoms with van der Waals surface area (Å²) in [6.45, 7) is 10.7. The molecule has 0 spiro atoms. The maximum absolute atomic E-state index is 12.0. The minimum absolute atomic E-state index is 0. The number of para-hydroxylation sites is 1. The number of nitrogens with one attached hydrogen (secondary N) is 2. The molecule has 1 unspecified atom stereocenters. The molecule has 0 radical (unpaired) electrons. The van der Waals surface area contributed by atoms with Crippen molar-refractivity contribution in [3.8, 4) is 5.75 Å². The molecule has 0 aliphatic carbocycles. The molecule has 164 valence electrons. The fourth-order valence-electron chi connectivity index (χ4n) is 3.16. The molecule has 0 aromatic heterocycles. The lowest BCUT2D eigenvalue weighted by Gasteiger charge is -2.23. The molecular weight excluding hydrogens is 483 g/mol. The van der Waals surface area contributed by atoms with Crippen LogP contribution >= 0.6 is 24.0 Å². The van der Waals surface area contributed by atoms with Gasteiger partial charge in [0.25, 0.3) is 0 Å². The van der Waals surface area contributed by atoms with Gasteiger partial charge in [0, 0.05) is 26.2 Å². The molecule has 1 amide bonds. The number of methoxy groups -OCH3 is 1. The van der Waals surface area contributed by atoms with Crippen molar-refractivity contribution in [2.75, 3.05) is 33.3 Å². The number of amides is 1. The van der Waals surface area contributed by atoms with E-state index in [1.54, 1.807) is 7.11 Å². The van der Waals surface area contributed by atoms with Gasteiger partial charge in [0.05, 0.1) is 13.2 Å². The van der Waals surface area contributed by atoms with Crippen LogP contribution in [0.1, 0.15) is 39.7 Å². The first-order valence-corrected chi connectivity index (χ1v) is 9.97. The summed E-state index contributed by atoms with van der Waals surface area (Å²) in [6.07, 6.45) is 1.32. The number of carbonyl (C=O) groups is 1. The first-order chi connectivity index (χ1) is 13.3. The van der Waals surface area contributed by atoms with Gasteiger partial charge in [-0.2, -0.15) is 0 Å². The summed E-state index contributed by atoms with van der Waals surface area (Å²) in [6, 6.07) is 8.08. The molecule has 1 saturated heterocycles. The normalized spacial score (nSPS) is 16.8. The fraction of sp³-hybridized carbons (Fsp3) is 0.619. The smallest absolute Gasteiger partial charge is 0.407 e. The Morgan fingerprint density at radius 3 is 2.69 bits per heavy atom. The summed E-state index contributed by atoms with van der Waals surface area (Å²) < 4.78 is 10.8. The summed E-state index contributed by atoms with van der Waals surface area (Å²) in [4.78, 5) is 19.0. The van der Waals surface area contributed by atoms with Crippen molar-refractivity contribution in [1.82, 2.24) is 15.5 Å². The van der Waals surface area contributed by atoms with E-state index in [-0.39, 0.29) is 36.1 Å². The number of hydrogen-bond donors (Lipinski definition) is 2. The number of alkyl carbamates (subject to hydrolysis) is 1. The zero-order chi connectivity index (χ0) is 20.6. The highest BCUT2D eigenvalue weighted by Gasteiger charge is 2.27. The molecule has 1 aromatic carbocycles. The highest BCUT2D eigenvalue weighted by atomic mass is 127. The molecule has 0 bridgehead atoms. The average molecular weight is 518 g/mol. The van der Waals surface area contributed by atoms with E-state index in [9.17, 15) is 4.79 Å². The topological polar surface area (TPSA) is 75.2 Å². The third kappa shape index (κ3) is 8.67. The van der Waals surface area contributed by atoms with Gasteiger partial charge in [0.2, 0.25) is 0 Å². The molecule has 7 nitrogen and oxygen atoms in total. The second-order valence-electron chi connectivity index (χ2n) is 7.88. The number of hydrogen-bond acceptors (Lipinski definition) is 4. The molecule has 1 aromatic rings. The number of aliphatic imine (C=N–C) groups is 1. The zero-order valence-corrected chi connectivity index (χ0v) is 20.5. The number of guanidine groups is 1. The fourth-order valence-corrected chi connectivity index (χ4v) is 3.16. The van der Waals surface area contributed by atoms with Crippen LogP contribution in [0.25, 0.3) is 0 Å². The molecule has 8 heteroatoms. The maximum atomic E-state index is 12.0. The Hall–Kier alpha value is -1.71. The van der Waals surface area contributed by atoms with Gasteiger partial charge in [-0.05, 0) is 52.2 Å². The Balaban J connectivity index is 0.00000420. The molecule has 1 aliphatic heterocycles. The predicted molar refractivity (Wildman–Crippen MR) is 127 cm³/mol. The molecule has 2 N–H and O–H groups in total. The second kappa shape index (κ2) is 12.1. The van der Waals surface area contributed by atoms with Crippen LogP contribution in [0.4, 0.5) is 4.79 Å². The lowest BCUT2D eigenvalue weighted by atomic mass is 10.1. The number of nitrogens with zero attached hydrogens (tertiary/aromatic N) is 2. The van der Waals surface area contributed by atoms with Gasteiger partial charge in [-0.1, -0.05) is 18.2 Å². The quantitative estimate of drug-likeness (QED) is 0.343. The van der Waals surface area contributed by atoms with Gasteiger partial charge in [-0.15, -0.1) is 24.0 Å². The van der Waals surface area contributed by atoms with Gasteiger partial charge >= 0.3 is 6.09 Å². The Morgan fingerprint density at radius 1 is 1.31 bits per heavy atom. The lowest BCUT2D eigenvalue weighted by molar-refractivity contribution is 0.0507. The van der Waals surface area contributed by atoms with Gasteiger partial charge in [0.15, 0.2) is 5.96 Å². The van der Waals surface area contributed by atoms with E-state index in [0.29, 0.717) is 6.54 Å². The number of rotatable bonds is 6. The highest BCUT2D eigenvalue weighted by Crippen LogP contribution is 2.18. The summed E-state index contributed by atoms with van der Waals surface area (Å²) in [5.41, 5.74) is 0.660. The Morgan fingerprint density at radius 2 is 2.03 bits per heavy atom. The molecule has 1 heterocycles. The van der Waals surface area contributed by atoms with Gasteiger partial charge in [0.1, 0.15) is 11.4 Å². The van der Waals surface area contributed by atoms with E-state index in [0.717, 1.165) is 49.7 Å². The summed E-state index contributed by atoms with van der Waals surface area (Å²) in [7, 11) is 1.69. The highest BCUT2D eigenvalue weighted by molar-refractivity contribution is 14.0. The summed E-state index contributed by atoms with van der Waals surface area (Å²) >= 11 is 0. The van der Waals surface area contributed by atoms with Crippen LogP contribution in [0.5, 0.6) is 5.75 Å². The zero-order valence-electron chi connectivity index (χ0n) is 18.2. The third-order valence-corrected chi connectivity index (χ3v) is 4.38. The van der Waals surface area contributed by atoms with Crippen molar-refractivity contribution in [3.05, 3.63) is 29.8 Å². The van der Waals surface area contributed by atoms with E-state index in [1.165, 1.54) is 0 Å². The van der Waals surface area contributed by atoms with Crippen LogP contribution in [0.2, 0.25) is 0 Å². The standard InChI is InChI=1S/C21H34N4O3.HI/c1-6-22-19(23-13-11-16-9-7-8-10-18(16)27-5)25-14-12-17(15-25)24-20(26)28-21(2,3)4;/h7-10,17H,6,11-15H2,1-5H3,(H,22,23)(H,24,26);1H. The third-order valence-electron chi connectivity index (χ3n) is 4.38. The van der Waals surface area contributed by atoms with E-state index in [2.05, 4.69) is 28.5 Å².